The van der Waals surface area contributed by atoms with Crippen molar-refractivity contribution in [2.75, 3.05) is 0 Å². The Morgan fingerprint density at radius 1 is 1.00 bits per heavy atom. The van der Waals surface area contributed by atoms with Gasteiger partial charge in [0.05, 0.1) is 17.6 Å². The number of rotatable bonds is 6. The molecule has 4 aliphatic carbocycles. The van der Waals surface area contributed by atoms with Gasteiger partial charge in [-0.25, -0.2) is 0 Å². The van der Waals surface area contributed by atoms with Crippen LogP contribution in [0.2, 0.25) is 0 Å². The molecule has 3 N–H and O–H groups in total. The second-order valence-electron chi connectivity index (χ2n) is 13.9. The molecule has 198 valence electrons. The van der Waals surface area contributed by atoms with Crippen molar-refractivity contribution in [2.24, 2.45) is 45.3 Å². The summed E-state index contributed by atoms with van der Waals surface area (Å²) < 4.78 is 0. The summed E-state index contributed by atoms with van der Waals surface area (Å²) in [6.45, 7) is 19.8. The second kappa shape index (κ2) is 8.72. The number of aliphatic carboxylic acids is 1. The van der Waals surface area contributed by atoms with Crippen LogP contribution in [0.4, 0.5) is 0 Å². The van der Waals surface area contributed by atoms with Gasteiger partial charge >= 0.3 is 5.97 Å². The summed E-state index contributed by atoms with van der Waals surface area (Å²) >= 11 is 0. The Morgan fingerprint density at radius 3 is 2.26 bits per heavy atom. The van der Waals surface area contributed by atoms with E-state index in [4.69, 9.17) is 0 Å². The number of carboxylic acids is 1. The molecular formula is C31H50O4. The number of aliphatic hydroxyl groups excluding tert-OH is 2. The smallest absolute Gasteiger partial charge is 0.312 e. The van der Waals surface area contributed by atoms with Gasteiger partial charge in [0.25, 0.3) is 0 Å². The van der Waals surface area contributed by atoms with Crippen molar-refractivity contribution in [3.8, 4) is 0 Å². The minimum Gasteiger partial charge on any atom is -0.481 e. The third-order valence-electron chi connectivity index (χ3n) is 12.4. The Bertz CT molecular complexity index is 919. The van der Waals surface area contributed by atoms with Crippen molar-refractivity contribution in [2.45, 2.75) is 118 Å². The van der Waals surface area contributed by atoms with Crippen LogP contribution in [0.15, 0.2) is 23.3 Å². The normalized spacial score (nSPS) is 44.9. The zero-order valence-electron chi connectivity index (χ0n) is 23.3. The maximum absolute atomic E-state index is 12.4. The van der Waals surface area contributed by atoms with Crippen LogP contribution < -0.4 is 0 Å². The van der Waals surface area contributed by atoms with Crippen LogP contribution >= 0.6 is 0 Å². The van der Waals surface area contributed by atoms with Gasteiger partial charge in [0.2, 0.25) is 0 Å². The zero-order chi connectivity index (χ0) is 26.1. The SMILES string of the molecule is C=C(CC(O)C(C)C1CCC2(C)C3=C(CCC12C)C1(C)CCC(O)C(C)(C(=O)O)C1CC3)C(C)C. The maximum Gasteiger partial charge on any atom is 0.312 e. The molecule has 0 radical (unpaired) electrons. The van der Waals surface area contributed by atoms with E-state index in [1.807, 2.05) is 0 Å². The molecule has 0 aromatic heterocycles. The van der Waals surface area contributed by atoms with Gasteiger partial charge in [-0.1, -0.05) is 64.8 Å². The number of fused-ring (bicyclic) bond motifs is 4. The van der Waals surface area contributed by atoms with E-state index in [1.165, 1.54) is 5.57 Å². The third-order valence-corrected chi connectivity index (χ3v) is 12.4. The fourth-order valence-corrected chi connectivity index (χ4v) is 9.51. The number of carbonyl (C=O) groups is 1. The van der Waals surface area contributed by atoms with Gasteiger partial charge in [-0.05, 0) is 105 Å². The monoisotopic (exact) mass is 486 g/mol. The highest BCUT2D eigenvalue weighted by molar-refractivity contribution is 5.76. The highest BCUT2D eigenvalue weighted by atomic mass is 16.4. The molecule has 4 aliphatic rings. The van der Waals surface area contributed by atoms with Crippen LogP contribution in [-0.4, -0.2) is 33.5 Å². The molecule has 0 saturated heterocycles. The predicted octanol–water partition coefficient (Wildman–Crippen LogP) is 6.76. The minimum absolute atomic E-state index is 0.0250. The molecule has 0 aromatic carbocycles. The van der Waals surface area contributed by atoms with Gasteiger partial charge in [-0.15, -0.1) is 0 Å². The number of carboxylic acid groups (broad SMARTS) is 1. The fourth-order valence-electron chi connectivity index (χ4n) is 9.51. The molecule has 2 fully saturated rings. The van der Waals surface area contributed by atoms with Crippen LogP contribution in [0, 0.1) is 45.3 Å². The van der Waals surface area contributed by atoms with Crippen LogP contribution in [0.25, 0.3) is 0 Å². The minimum atomic E-state index is -1.08. The zero-order valence-corrected chi connectivity index (χ0v) is 23.3. The molecule has 4 rings (SSSR count). The molecule has 0 amide bonds. The Kier molecular flexibility index (Phi) is 6.71. The topological polar surface area (TPSA) is 77.8 Å². The molecule has 9 atom stereocenters. The number of hydrogen-bond acceptors (Lipinski definition) is 3. The highest BCUT2D eigenvalue weighted by Crippen LogP contribution is 2.72. The summed E-state index contributed by atoms with van der Waals surface area (Å²) in [6, 6.07) is 0. The van der Waals surface area contributed by atoms with Gasteiger partial charge in [-0.3, -0.25) is 4.79 Å². The average molecular weight is 487 g/mol. The van der Waals surface area contributed by atoms with Crippen molar-refractivity contribution in [3.63, 3.8) is 0 Å². The molecule has 0 aromatic rings. The lowest BCUT2D eigenvalue weighted by molar-refractivity contribution is -0.175. The molecular weight excluding hydrogens is 436 g/mol. The number of hydrogen-bond donors (Lipinski definition) is 3. The quantitative estimate of drug-likeness (QED) is 0.362. The van der Waals surface area contributed by atoms with Crippen molar-refractivity contribution in [1.29, 1.82) is 0 Å². The standard InChI is InChI=1S/C31H50O4/c1-18(2)19(3)17-24(32)20(4)21-11-15-30(7)23-9-10-25-28(5,22(23)12-16-29(21,30)6)14-13-26(33)31(25,8)27(34)35/h18,20-21,24-26,32-33H,3,9-17H2,1-2,4-8H3,(H,34,35). The Hall–Kier alpha value is -1.13. The summed E-state index contributed by atoms with van der Waals surface area (Å²) in [6.07, 6.45) is 7.21. The first-order valence-electron chi connectivity index (χ1n) is 14.1. The van der Waals surface area contributed by atoms with E-state index in [9.17, 15) is 20.1 Å². The average Bonchev–Trinajstić information content (AvgIpc) is 3.07. The first-order chi connectivity index (χ1) is 16.1. The third kappa shape index (κ3) is 3.63. The van der Waals surface area contributed by atoms with Gasteiger partial charge < -0.3 is 15.3 Å². The van der Waals surface area contributed by atoms with E-state index in [1.54, 1.807) is 12.5 Å². The Morgan fingerprint density at radius 2 is 1.66 bits per heavy atom. The number of allylic oxidation sites excluding steroid dienone is 2. The summed E-state index contributed by atoms with van der Waals surface area (Å²) in [5, 5.41) is 32.2. The van der Waals surface area contributed by atoms with Crippen LogP contribution in [-0.2, 0) is 4.79 Å². The van der Waals surface area contributed by atoms with Gasteiger partial charge in [0, 0.05) is 0 Å². The molecule has 0 aliphatic heterocycles. The Balaban J connectivity index is 1.67. The fraction of sp³-hybridized carbons (Fsp3) is 0.839. The van der Waals surface area contributed by atoms with Crippen molar-refractivity contribution >= 4 is 5.97 Å². The maximum atomic E-state index is 12.4. The second-order valence-corrected chi connectivity index (χ2v) is 13.9. The summed E-state index contributed by atoms with van der Waals surface area (Å²) in [5.41, 5.74) is 3.26. The molecule has 0 spiro atoms. The lowest BCUT2D eigenvalue weighted by Crippen LogP contribution is -2.58. The first-order valence-corrected chi connectivity index (χ1v) is 14.1. The molecule has 4 heteroatoms. The molecule has 0 heterocycles. The molecule has 4 nitrogen and oxygen atoms in total. The van der Waals surface area contributed by atoms with Crippen LogP contribution in [0.1, 0.15) is 106 Å². The van der Waals surface area contributed by atoms with E-state index < -0.39 is 17.5 Å². The Labute approximate surface area is 213 Å². The summed E-state index contributed by atoms with van der Waals surface area (Å²) in [7, 11) is 0. The molecule has 35 heavy (non-hydrogen) atoms. The van der Waals surface area contributed by atoms with E-state index >= 15 is 0 Å². The van der Waals surface area contributed by atoms with E-state index in [-0.39, 0.29) is 34.2 Å². The van der Waals surface area contributed by atoms with E-state index in [2.05, 4.69) is 48.1 Å². The largest absolute Gasteiger partial charge is 0.481 e. The van der Waals surface area contributed by atoms with E-state index in [0.717, 1.165) is 50.5 Å². The number of aliphatic hydroxyl groups is 2. The van der Waals surface area contributed by atoms with Gasteiger partial charge in [0.1, 0.15) is 0 Å². The lowest BCUT2D eigenvalue weighted by atomic mass is 9.43. The van der Waals surface area contributed by atoms with Crippen molar-refractivity contribution in [3.05, 3.63) is 23.3 Å². The van der Waals surface area contributed by atoms with Crippen molar-refractivity contribution in [1.82, 2.24) is 0 Å². The highest BCUT2D eigenvalue weighted by Gasteiger charge is 2.65. The van der Waals surface area contributed by atoms with Crippen LogP contribution in [0.3, 0.4) is 0 Å². The molecule has 0 bridgehead atoms. The van der Waals surface area contributed by atoms with Gasteiger partial charge in [-0.2, -0.15) is 0 Å². The summed E-state index contributed by atoms with van der Waals surface area (Å²) in [5.74, 6) is 0.225. The predicted molar refractivity (Wildman–Crippen MR) is 141 cm³/mol. The first kappa shape index (κ1) is 26.9. The van der Waals surface area contributed by atoms with Crippen molar-refractivity contribution < 1.29 is 20.1 Å². The summed E-state index contributed by atoms with van der Waals surface area (Å²) in [4.78, 5) is 12.4. The van der Waals surface area contributed by atoms with Gasteiger partial charge in [0.15, 0.2) is 0 Å². The molecule has 2 saturated carbocycles. The molecule has 9 unspecified atom stereocenters. The van der Waals surface area contributed by atoms with Crippen LogP contribution in [0.5, 0.6) is 0 Å². The van der Waals surface area contributed by atoms with E-state index in [0.29, 0.717) is 24.7 Å². The lowest BCUT2D eigenvalue weighted by Gasteiger charge is -2.61.